The standard InChI is InChI=1S/C37H35ClFN3O6/c1-36(2,3)41-32(44)24-17-16-23-26(29(24)34(41)46)18-27-33(45)42(40-22-14-12-21(39)13-15-22)35(47)37(27,19-8-10-20(38)11-9-19)30(23)25-6-5-7-28(48-4)31(25)43/h5-16,24,26-27,29-30,40,43H,17-18H2,1-4H3. The summed E-state index contributed by atoms with van der Waals surface area (Å²) in [5.41, 5.74) is 2.41. The molecule has 0 spiro atoms. The van der Waals surface area contributed by atoms with Gasteiger partial charge in [0.2, 0.25) is 11.8 Å². The number of likely N-dealkylation sites (tertiary alicyclic amines) is 1. The number of anilines is 1. The van der Waals surface area contributed by atoms with E-state index in [0.29, 0.717) is 27.4 Å². The minimum absolute atomic E-state index is 0.0973. The number of hydrogen-bond donors (Lipinski definition) is 2. The number of methoxy groups -OCH3 is 1. The van der Waals surface area contributed by atoms with Gasteiger partial charge in [-0.2, -0.15) is 5.01 Å². The van der Waals surface area contributed by atoms with Crippen LogP contribution in [0.1, 0.15) is 50.7 Å². The molecule has 6 atom stereocenters. The Hall–Kier alpha value is -4.70. The quantitative estimate of drug-likeness (QED) is 0.253. The zero-order valence-corrected chi connectivity index (χ0v) is 27.6. The van der Waals surface area contributed by atoms with Crippen LogP contribution in [0, 0.1) is 29.5 Å². The molecule has 11 heteroatoms. The largest absolute Gasteiger partial charge is 0.504 e. The second-order valence-electron chi connectivity index (χ2n) is 14.0. The summed E-state index contributed by atoms with van der Waals surface area (Å²) in [4.78, 5) is 59.1. The maximum atomic E-state index is 15.1. The van der Waals surface area contributed by atoms with Crippen molar-refractivity contribution in [3.8, 4) is 11.5 Å². The van der Waals surface area contributed by atoms with Gasteiger partial charge in [0.1, 0.15) is 5.82 Å². The summed E-state index contributed by atoms with van der Waals surface area (Å²) in [5, 5.41) is 13.1. The molecule has 248 valence electrons. The lowest BCUT2D eigenvalue weighted by Gasteiger charge is -2.50. The molecule has 3 aromatic rings. The number of carbonyl (C=O) groups excluding carboxylic acids is 4. The molecule has 2 N–H and O–H groups in total. The Bertz CT molecular complexity index is 1890. The number of phenolic OH excluding ortho intramolecular Hbond substituents is 1. The van der Waals surface area contributed by atoms with E-state index in [4.69, 9.17) is 16.3 Å². The molecule has 2 saturated heterocycles. The van der Waals surface area contributed by atoms with E-state index >= 15 is 4.79 Å². The predicted molar refractivity (Wildman–Crippen MR) is 175 cm³/mol. The first kappa shape index (κ1) is 31.9. The fourth-order valence-electron chi connectivity index (χ4n) is 8.60. The fraction of sp³-hybridized carbons (Fsp3) is 0.351. The second kappa shape index (κ2) is 11.2. The number of phenols is 1. The minimum atomic E-state index is -1.61. The van der Waals surface area contributed by atoms with Crippen molar-refractivity contribution in [2.24, 2.45) is 23.7 Å². The van der Waals surface area contributed by atoms with E-state index in [9.17, 15) is 23.9 Å². The third kappa shape index (κ3) is 4.48. The van der Waals surface area contributed by atoms with Crippen LogP contribution in [0.3, 0.4) is 0 Å². The van der Waals surface area contributed by atoms with Gasteiger partial charge in [-0.15, -0.1) is 0 Å². The summed E-state index contributed by atoms with van der Waals surface area (Å²) in [6.45, 7) is 5.45. The van der Waals surface area contributed by atoms with Crippen LogP contribution in [0.15, 0.2) is 78.4 Å². The first-order chi connectivity index (χ1) is 22.8. The molecule has 4 aliphatic rings. The van der Waals surface area contributed by atoms with Crippen LogP contribution in [-0.2, 0) is 24.6 Å². The average Bonchev–Trinajstić information content (AvgIpc) is 3.44. The monoisotopic (exact) mass is 671 g/mol. The minimum Gasteiger partial charge on any atom is -0.504 e. The van der Waals surface area contributed by atoms with Gasteiger partial charge in [-0.25, -0.2) is 4.39 Å². The van der Waals surface area contributed by atoms with Gasteiger partial charge >= 0.3 is 0 Å². The van der Waals surface area contributed by atoms with Crippen LogP contribution in [0.4, 0.5) is 10.1 Å². The summed E-state index contributed by atoms with van der Waals surface area (Å²) in [6.07, 6.45) is 2.28. The SMILES string of the molecule is COc1cccc(C2C3=CCC4C(=O)N(C(C)(C)C)C(=O)C4C3CC3C(=O)N(Nc4ccc(F)cc4)C(=O)C32c2ccc(Cl)cc2)c1O. The van der Waals surface area contributed by atoms with Crippen molar-refractivity contribution >= 4 is 40.9 Å². The number of fused-ring (bicyclic) bond motifs is 4. The number of carbonyl (C=O) groups is 4. The topological polar surface area (TPSA) is 116 Å². The van der Waals surface area contributed by atoms with E-state index in [1.54, 1.807) is 42.5 Å². The molecule has 48 heavy (non-hydrogen) atoms. The lowest BCUT2D eigenvalue weighted by molar-refractivity contribution is -0.146. The maximum absolute atomic E-state index is 15.1. The highest BCUT2D eigenvalue weighted by molar-refractivity contribution is 6.30. The maximum Gasteiger partial charge on any atom is 0.260 e. The van der Waals surface area contributed by atoms with Crippen LogP contribution in [0.2, 0.25) is 5.02 Å². The zero-order chi connectivity index (χ0) is 34.3. The number of nitrogens with zero attached hydrogens (tertiary/aromatic N) is 2. The molecule has 2 heterocycles. The Kier molecular flexibility index (Phi) is 7.43. The molecule has 0 radical (unpaired) electrons. The number of hydrogen-bond acceptors (Lipinski definition) is 7. The molecule has 9 nitrogen and oxygen atoms in total. The van der Waals surface area contributed by atoms with Crippen LogP contribution >= 0.6 is 11.6 Å². The number of hydrazine groups is 1. The van der Waals surface area contributed by atoms with Crippen molar-refractivity contribution in [1.29, 1.82) is 0 Å². The Balaban J connectivity index is 1.48. The summed E-state index contributed by atoms with van der Waals surface area (Å²) in [5.74, 6) is -6.11. The number of imide groups is 2. The number of rotatable bonds is 5. The normalized spacial score (nSPS) is 28.2. The highest BCUT2D eigenvalue weighted by Crippen LogP contribution is 2.65. The first-order valence-electron chi connectivity index (χ1n) is 15.9. The third-order valence-electron chi connectivity index (χ3n) is 10.5. The molecule has 3 aromatic carbocycles. The van der Waals surface area contributed by atoms with Gasteiger partial charge in [-0.3, -0.25) is 29.5 Å². The predicted octanol–water partition coefficient (Wildman–Crippen LogP) is 5.98. The zero-order valence-electron chi connectivity index (χ0n) is 26.9. The highest BCUT2D eigenvalue weighted by Gasteiger charge is 2.71. The number of benzene rings is 3. The molecule has 7 rings (SSSR count). The van der Waals surface area contributed by atoms with Crippen molar-refractivity contribution in [3.05, 3.63) is 100 Å². The molecular formula is C37H35ClFN3O6. The Labute approximate surface area is 282 Å². The van der Waals surface area contributed by atoms with Gasteiger partial charge < -0.3 is 9.84 Å². The molecule has 1 saturated carbocycles. The average molecular weight is 672 g/mol. The summed E-state index contributed by atoms with van der Waals surface area (Å²) in [6, 6.07) is 17.0. The van der Waals surface area contributed by atoms with E-state index in [1.165, 1.54) is 36.3 Å². The van der Waals surface area contributed by atoms with Crippen LogP contribution in [0.25, 0.3) is 0 Å². The van der Waals surface area contributed by atoms with E-state index in [0.717, 1.165) is 5.01 Å². The molecule has 6 unspecified atom stereocenters. The number of nitrogens with one attached hydrogen (secondary N) is 1. The molecule has 2 aliphatic heterocycles. The number of ether oxygens (including phenoxy) is 1. The van der Waals surface area contributed by atoms with Crippen LogP contribution < -0.4 is 10.2 Å². The highest BCUT2D eigenvalue weighted by atomic mass is 35.5. The van der Waals surface area contributed by atoms with Crippen molar-refractivity contribution in [2.45, 2.75) is 50.5 Å². The van der Waals surface area contributed by atoms with Crippen molar-refractivity contribution < 1.29 is 33.4 Å². The van der Waals surface area contributed by atoms with E-state index in [-0.39, 0.29) is 36.2 Å². The van der Waals surface area contributed by atoms with Crippen molar-refractivity contribution in [1.82, 2.24) is 9.91 Å². The summed E-state index contributed by atoms with van der Waals surface area (Å²) < 4.78 is 19.3. The van der Waals surface area contributed by atoms with Crippen molar-refractivity contribution in [3.63, 3.8) is 0 Å². The van der Waals surface area contributed by atoms with Gasteiger partial charge in [0, 0.05) is 22.0 Å². The van der Waals surface area contributed by atoms with E-state index in [2.05, 4.69) is 5.43 Å². The van der Waals surface area contributed by atoms with E-state index < -0.39 is 58.2 Å². The molecule has 2 aliphatic carbocycles. The van der Waals surface area contributed by atoms with Crippen molar-refractivity contribution in [2.75, 3.05) is 12.5 Å². The van der Waals surface area contributed by atoms with Gasteiger partial charge in [-0.1, -0.05) is 47.5 Å². The summed E-state index contributed by atoms with van der Waals surface area (Å²) >= 11 is 6.33. The number of amides is 4. The second-order valence-corrected chi connectivity index (χ2v) is 14.4. The fourth-order valence-corrected chi connectivity index (χ4v) is 8.72. The molecule has 4 amide bonds. The molecule has 3 fully saturated rings. The molecular weight excluding hydrogens is 637 g/mol. The van der Waals surface area contributed by atoms with Gasteiger partial charge in [-0.05, 0) is 87.6 Å². The number of para-hydroxylation sites is 1. The molecule has 0 bridgehead atoms. The van der Waals surface area contributed by atoms with E-state index in [1.807, 2.05) is 26.8 Å². The molecule has 0 aromatic heterocycles. The Morgan fingerprint density at radius 1 is 0.938 bits per heavy atom. The van der Waals surface area contributed by atoms with Crippen LogP contribution in [-0.4, -0.2) is 51.3 Å². The van der Waals surface area contributed by atoms with Gasteiger partial charge in [0.05, 0.1) is 36.0 Å². The third-order valence-corrected chi connectivity index (χ3v) is 10.7. The Morgan fingerprint density at radius 2 is 1.62 bits per heavy atom. The smallest absolute Gasteiger partial charge is 0.260 e. The lowest BCUT2D eigenvalue weighted by atomic mass is 9.49. The lowest BCUT2D eigenvalue weighted by Crippen LogP contribution is -2.53. The van der Waals surface area contributed by atoms with Crippen LogP contribution in [0.5, 0.6) is 11.5 Å². The van der Waals surface area contributed by atoms with Gasteiger partial charge in [0.15, 0.2) is 11.5 Å². The number of halogens is 2. The Morgan fingerprint density at radius 3 is 2.27 bits per heavy atom. The first-order valence-corrected chi connectivity index (χ1v) is 16.3. The summed E-state index contributed by atoms with van der Waals surface area (Å²) in [7, 11) is 1.42. The van der Waals surface area contributed by atoms with Gasteiger partial charge in [0.25, 0.3) is 11.8 Å². The number of allylic oxidation sites excluding steroid dienone is 2. The number of aromatic hydroxyl groups is 1.